The maximum atomic E-state index is 12.4. The Morgan fingerprint density at radius 1 is 1.27 bits per heavy atom. The monoisotopic (exact) mass is 389 g/mol. The summed E-state index contributed by atoms with van der Waals surface area (Å²) in [6, 6.07) is 9.15. The molecule has 3 rings (SSSR count). The van der Waals surface area contributed by atoms with E-state index in [1.54, 1.807) is 6.07 Å². The van der Waals surface area contributed by atoms with Crippen molar-refractivity contribution in [3.8, 4) is 0 Å². The Kier molecular flexibility index (Phi) is 5.74. The molecule has 26 heavy (non-hydrogen) atoms. The highest BCUT2D eigenvalue weighted by atomic mass is 35.5. The Bertz CT molecular complexity index is 963. The van der Waals surface area contributed by atoms with E-state index >= 15 is 0 Å². The molecular weight excluding hydrogens is 370 g/mol. The van der Waals surface area contributed by atoms with Crippen molar-refractivity contribution in [3.05, 3.63) is 63.0 Å². The highest BCUT2D eigenvalue weighted by Gasteiger charge is 2.18. The standard InChI is InChI=1S/C19H20ClN3O2S/c1-12(2)17(13-3-5-14(20)6-4-13)22-16(24)7-9-23-11-21-18-15(19(23)25)8-10-26-18/h3-6,8,10-12,17H,7,9H2,1-2H3,(H,22,24). The Hall–Kier alpha value is -2.18. The van der Waals surface area contributed by atoms with Crippen LogP contribution in [0.5, 0.6) is 0 Å². The maximum Gasteiger partial charge on any atom is 0.262 e. The van der Waals surface area contributed by atoms with E-state index in [0.717, 1.165) is 10.4 Å². The lowest BCUT2D eigenvalue weighted by Crippen LogP contribution is -2.33. The number of amides is 1. The number of hydrogen-bond donors (Lipinski definition) is 1. The highest BCUT2D eigenvalue weighted by molar-refractivity contribution is 7.16. The molecule has 1 unspecified atom stereocenters. The van der Waals surface area contributed by atoms with Crippen LogP contribution in [0.3, 0.4) is 0 Å². The van der Waals surface area contributed by atoms with Crippen molar-refractivity contribution in [2.45, 2.75) is 32.9 Å². The minimum absolute atomic E-state index is 0.101. The summed E-state index contributed by atoms with van der Waals surface area (Å²) in [4.78, 5) is 29.8. The topological polar surface area (TPSA) is 64.0 Å². The normalized spacial score (nSPS) is 12.5. The number of aromatic nitrogens is 2. The molecule has 7 heteroatoms. The van der Waals surface area contributed by atoms with Crippen LogP contribution in [0.2, 0.25) is 5.02 Å². The smallest absolute Gasteiger partial charge is 0.262 e. The van der Waals surface area contributed by atoms with E-state index in [1.165, 1.54) is 22.2 Å². The van der Waals surface area contributed by atoms with Gasteiger partial charge in [0.15, 0.2) is 0 Å². The Morgan fingerprint density at radius 2 is 2.00 bits per heavy atom. The van der Waals surface area contributed by atoms with Crippen molar-refractivity contribution in [2.75, 3.05) is 0 Å². The van der Waals surface area contributed by atoms with Crippen molar-refractivity contribution in [1.82, 2.24) is 14.9 Å². The van der Waals surface area contributed by atoms with Crippen molar-refractivity contribution in [3.63, 3.8) is 0 Å². The summed E-state index contributed by atoms with van der Waals surface area (Å²) in [7, 11) is 0. The molecule has 0 aliphatic heterocycles. The van der Waals surface area contributed by atoms with Crippen LogP contribution >= 0.6 is 22.9 Å². The van der Waals surface area contributed by atoms with E-state index in [4.69, 9.17) is 11.6 Å². The van der Waals surface area contributed by atoms with Crippen molar-refractivity contribution in [1.29, 1.82) is 0 Å². The molecule has 0 spiro atoms. The molecule has 5 nitrogen and oxygen atoms in total. The Balaban J connectivity index is 1.67. The van der Waals surface area contributed by atoms with E-state index in [2.05, 4.69) is 24.1 Å². The van der Waals surface area contributed by atoms with E-state index < -0.39 is 0 Å². The molecular formula is C19H20ClN3O2S. The molecule has 0 bridgehead atoms. The van der Waals surface area contributed by atoms with Crippen molar-refractivity contribution in [2.24, 2.45) is 5.92 Å². The second-order valence-corrected chi connectivity index (χ2v) is 7.80. The summed E-state index contributed by atoms with van der Waals surface area (Å²) < 4.78 is 1.49. The molecule has 136 valence electrons. The van der Waals surface area contributed by atoms with Crippen molar-refractivity contribution < 1.29 is 4.79 Å². The van der Waals surface area contributed by atoms with Crippen LogP contribution in [-0.2, 0) is 11.3 Å². The van der Waals surface area contributed by atoms with Gasteiger partial charge in [-0.25, -0.2) is 4.98 Å². The first-order valence-corrected chi connectivity index (χ1v) is 9.69. The average Bonchev–Trinajstić information content (AvgIpc) is 3.09. The SMILES string of the molecule is CC(C)C(NC(=O)CCn1cnc2sccc2c1=O)c1ccc(Cl)cc1. The van der Waals surface area contributed by atoms with E-state index in [-0.39, 0.29) is 29.8 Å². The molecule has 3 aromatic rings. The number of carbonyl (C=O) groups excluding carboxylic acids is 1. The second kappa shape index (κ2) is 8.01. The number of thiophene rings is 1. The fourth-order valence-corrected chi connectivity index (χ4v) is 3.67. The van der Waals surface area contributed by atoms with Crippen molar-refractivity contribution >= 4 is 39.1 Å². The molecule has 0 aliphatic rings. The Labute approximate surface area is 160 Å². The zero-order valence-corrected chi connectivity index (χ0v) is 16.2. The molecule has 0 saturated carbocycles. The van der Waals surface area contributed by atoms with Gasteiger partial charge < -0.3 is 5.32 Å². The highest BCUT2D eigenvalue weighted by Crippen LogP contribution is 2.23. The molecule has 0 saturated heterocycles. The molecule has 0 fully saturated rings. The lowest BCUT2D eigenvalue weighted by molar-refractivity contribution is -0.122. The van der Waals surface area contributed by atoms with E-state index in [9.17, 15) is 9.59 Å². The largest absolute Gasteiger partial charge is 0.349 e. The molecule has 2 heterocycles. The third-order valence-electron chi connectivity index (χ3n) is 4.24. The fraction of sp³-hybridized carbons (Fsp3) is 0.316. The van der Waals surface area contributed by atoms with Crippen LogP contribution in [0, 0.1) is 5.92 Å². The van der Waals surface area contributed by atoms with Gasteiger partial charge in [-0.05, 0) is 35.1 Å². The molecule has 1 N–H and O–H groups in total. The predicted octanol–water partition coefficient (Wildman–Crippen LogP) is 4.02. The van der Waals surface area contributed by atoms with Gasteiger partial charge in [0.2, 0.25) is 5.91 Å². The number of aryl methyl sites for hydroxylation is 1. The van der Waals surface area contributed by atoms with Gasteiger partial charge in [0.1, 0.15) is 4.83 Å². The van der Waals surface area contributed by atoms with Gasteiger partial charge in [-0.15, -0.1) is 11.3 Å². The number of halogens is 1. The molecule has 1 atom stereocenters. The summed E-state index contributed by atoms with van der Waals surface area (Å²) >= 11 is 7.37. The van der Waals surface area contributed by atoms with Gasteiger partial charge in [0.25, 0.3) is 5.56 Å². The van der Waals surface area contributed by atoms with Crippen LogP contribution in [0.4, 0.5) is 0 Å². The minimum atomic E-state index is -0.109. The van der Waals surface area contributed by atoms with Gasteiger partial charge in [-0.1, -0.05) is 37.6 Å². The van der Waals surface area contributed by atoms with Crippen LogP contribution < -0.4 is 10.9 Å². The zero-order valence-electron chi connectivity index (χ0n) is 14.6. The van der Waals surface area contributed by atoms with Gasteiger partial charge in [0.05, 0.1) is 17.8 Å². The number of nitrogens with zero attached hydrogens (tertiary/aromatic N) is 2. The van der Waals surface area contributed by atoms with Gasteiger partial charge >= 0.3 is 0 Å². The van der Waals surface area contributed by atoms with E-state index in [0.29, 0.717) is 17.0 Å². The molecule has 1 amide bonds. The number of carbonyl (C=O) groups is 1. The first-order valence-electron chi connectivity index (χ1n) is 8.43. The van der Waals surface area contributed by atoms with Crippen LogP contribution in [0.25, 0.3) is 10.2 Å². The Morgan fingerprint density at radius 3 is 2.69 bits per heavy atom. The number of fused-ring (bicyclic) bond motifs is 1. The number of hydrogen-bond acceptors (Lipinski definition) is 4. The molecule has 2 aromatic heterocycles. The fourth-order valence-electron chi connectivity index (χ4n) is 2.83. The first-order chi connectivity index (χ1) is 12.5. The van der Waals surface area contributed by atoms with Gasteiger partial charge in [-0.2, -0.15) is 0 Å². The van der Waals surface area contributed by atoms with Crippen LogP contribution in [-0.4, -0.2) is 15.5 Å². The summed E-state index contributed by atoms with van der Waals surface area (Å²) in [6.45, 7) is 4.41. The molecule has 1 aromatic carbocycles. The molecule has 0 aliphatic carbocycles. The third kappa shape index (κ3) is 4.14. The number of rotatable bonds is 6. The third-order valence-corrected chi connectivity index (χ3v) is 5.32. The lowest BCUT2D eigenvalue weighted by Gasteiger charge is -2.23. The van der Waals surface area contributed by atoms with E-state index in [1.807, 2.05) is 29.6 Å². The van der Waals surface area contributed by atoms with Gasteiger partial charge in [0, 0.05) is 18.0 Å². The average molecular weight is 390 g/mol. The lowest BCUT2D eigenvalue weighted by atomic mass is 9.96. The minimum Gasteiger partial charge on any atom is -0.349 e. The second-order valence-electron chi connectivity index (χ2n) is 6.47. The summed E-state index contributed by atoms with van der Waals surface area (Å²) in [5, 5.41) is 6.16. The number of nitrogens with one attached hydrogen (secondary N) is 1. The zero-order chi connectivity index (χ0) is 18.7. The summed E-state index contributed by atoms with van der Waals surface area (Å²) in [6.07, 6.45) is 1.72. The first kappa shape index (κ1) is 18.6. The predicted molar refractivity (Wildman–Crippen MR) is 106 cm³/mol. The van der Waals surface area contributed by atoms with Crippen LogP contribution in [0.15, 0.2) is 46.8 Å². The summed E-state index contributed by atoms with van der Waals surface area (Å²) in [5.74, 6) is 0.127. The maximum absolute atomic E-state index is 12.4. The summed E-state index contributed by atoms with van der Waals surface area (Å²) in [5.41, 5.74) is 0.901. The van der Waals surface area contributed by atoms with Crippen LogP contribution in [0.1, 0.15) is 31.9 Å². The number of benzene rings is 1. The van der Waals surface area contributed by atoms with Gasteiger partial charge in [-0.3, -0.25) is 14.2 Å². The molecule has 0 radical (unpaired) electrons. The quantitative estimate of drug-likeness (QED) is 0.692.